The summed E-state index contributed by atoms with van der Waals surface area (Å²) in [6.45, 7) is 2.52. The smallest absolute Gasteiger partial charge is 0.244 e. The standard InChI is InChI=1S/C22H24FN3O4S/c1-15-12-17(23)5-7-19(15)24-21(27)14-26-20-8-6-18(13-16(20)4-9-22(26)28)31(29,30)25-10-2-3-11-25/h5-8,12-13H,2-4,9-11,14H2,1H3,(H,24,27). The number of hydrogen-bond donors (Lipinski definition) is 1. The van der Waals surface area contributed by atoms with Crippen molar-refractivity contribution in [2.75, 3.05) is 29.9 Å². The molecule has 2 aliphatic heterocycles. The number of fused-ring (bicyclic) bond motifs is 1. The number of amides is 2. The Bertz CT molecular complexity index is 1140. The number of aryl methyl sites for hydroxylation is 2. The molecule has 31 heavy (non-hydrogen) atoms. The van der Waals surface area contributed by atoms with Crippen molar-refractivity contribution in [1.29, 1.82) is 0 Å². The number of rotatable bonds is 5. The van der Waals surface area contributed by atoms with Crippen LogP contribution in [-0.4, -0.2) is 44.2 Å². The van der Waals surface area contributed by atoms with Crippen LogP contribution in [0.25, 0.3) is 0 Å². The summed E-state index contributed by atoms with van der Waals surface area (Å²) in [6, 6.07) is 8.77. The van der Waals surface area contributed by atoms with E-state index in [1.165, 1.54) is 33.5 Å². The maximum absolute atomic E-state index is 13.3. The predicted octanol–water partition coefficient (Wildman–Crippen LogP) is 2.84. The van der Waals surface area contributed by atoms with Crippen LogP contribution in [-0.2, 0) is 26.0 Å². The predicted molar refractivity (Wildman–Crippen MR) is 115 cm³/mol. The fourth-order valence-electron chi connectivity index (χ4n) is 4.05. The molecule has 0 atom stereocenters. The van der Waals surface area contributed by atoms with Gasteiger partial charge in [0.05, 0.1) is 4.90 Å². The Balaban J connectivity index is 1.55. The van der Waals surface area contributed by atoms with Gasteiger partial charge in [0.15, 0.2) is 0 Å². The molecule has 164 valence electrons. The van der Waals surface area contributed by atoms with Gasteiger partial charge in [0, 0.05) is 30.9 Å². The Hall–Kier alpha value is -2.78. The van der Waals surface area contributed by atoms with Crippen LogP contribution in [0.15, 0.2) is 41.3 Å². The summed E-state index contributed by atoms with van der Waals surface area (Å²) in [6.07, 6.45) is 2.33. The van der Waals surface area contributed by atoms with E-state index in [2.05, 4.69) is 5.32 Å². The van der Waals surface area contributed by atoms with Gasteiger partial charge in [0.2, 0.25) is 21.8 Å². The van der Waals surface area contributed by atoms with Crippen LogP contribution < -0.4 is 10.2 Å². The molecule has 1 fully saturated rings. The highest BCUT2D eigenvalue weighted by Crippen LogP contribution is 2.31. The molecule has 0 unspecified atom stereocenters. The topological polar surface area (TPSA) is 86.8 Å². The summed E-state index contributed by atoms with van der Waals surface area (Å²) in [5, 5.41) is 2.71. The molecule has 0 radical (unpaired) electrons. The molecule has 0 aliphatic carbocycles. The summed E-state index contributed by atoms with van der Waals surface area (Å²) >= 11 is 0. The van der Waals surface area contributed by atoms with Crippen molar-refractivity contribution < 1.29 is 22.4 Å². The van der Waals surface area contributed by atoms with Gasteiger partial charge in [-0.1, -0.05) is 0 Å². The van der Waals surface area contributed by atoms with E-state index in [-0.39, 0.29) is 23.8 Å². The minimum absolute atomic E-state index is 0.197. The van der Waals surface area contributed by atoms with E-state index >= 15 is 0 Å². The summed E-state index contributed by atoms with van der Waals surface area (Å²) < 4.78 is 40.5. The zero-order valence-corrected chi connectivity index (χ0v) is 18.0. The molecular weight excluding hydrogens is 421 g/mol. The van der Waals surface area contributed by atoms with Gasteiger partial charge in [-0.15, -0.1) is 0 Å². The number of carbonyl (C=O) groups excluding carboxylic acids is 2. The summed E-state index contributed by atoms with van der Waals surface area (Å²) in [5.74, 6) is -1.01. The largest absolute Gasteiger partial charge is 0.324 e. The van der Waals surface area contributed by atoms with Crippen molar-refractivity contribution in [2.24, 2.45) is 0 Å². The molecule has 0 spiro atoms. The third kappa shape index (κ3) is 4.33. The number of hydrogen-bond acceptors (Lipinski definition) is 4. The third-order valence-electron chi connectivity index (χ3n) is 5.72. The van der Waals surface area contributed by atoms with Crippen LogP contribution in [0, 0.1) is 12.7 Å². The molecule has 0 aromatic heterocycles. The van der Waals surface area contributed by atoms with Gasteiger partial charge < -0.3 is 10.2 Å². The van der Waals surface area contributed by atoms with Gasteiger partial charge in [-0.05, 0) is 73.7 Å². The minimum atomic E-state index is -3.56. The van der Waals surface area contributed by atoms with Gasteiger partial charge >= 0.3 is 0 Å². The fourth-order valence-corrected chi connectivity index (χ4v) is 5.62. The lowest BCUT2D eigenvalue weighted by Crippen LogP contribution is -2.41. The van der Waals surface area contributed by atoms with Crippen molar-refractivity contribution in [3.05, 3.63) is 53.3 Å². The summed E-state index contributed by atoms with van der Waals surface area (Å²) in [7, 11) is -3.56. The van der Waals surface area contributed by atoms with E-state index in [0.29, 0.717) is 36.4 Å². The number of anilines is 2. The zero-order valence-electron chi connectivity index (χ0n) is 17.2. The molecule has 4 rings (SSSR count). The first-order chi connectivity index (χ1) is 14.8. The molecule has 9 heteroatoms. The second-order valence-electron chi connectivity index (χ2n) is 7.89. The lowest BCUT2D eigenvalue weighted by Gasteiger charge is -2.29. The van der Waals surface area contributed by atoms with Gasteiger partial charge in [0.25, 0.3) is 0 Å². The van der Waals surface area contributed by atoms with Crippen molar-refractivity contribution >= 4 is 33.2 Å². The number of nitrogens with one attached hydrogen (secondary N) is 1. The first kappa shape index (κ1) is 21.5. The number of sulfonamides is 1. The highest BCUT2D eigenvalue weighted by molar-refractivity contribution is 7.89. The third-order valence-corrected chi connectivity index (χ3v) is 7.61. The van der Waals surface area contributed by atoms with Crippen molar-refractivity contribution in [3.63, 3.8) is 0 Å². The Labute approximate surface area is 180 Å². The van der Waals surface area contributed by atoms with E-state index in [0.717, 1.165) is 18.4 Å². The van der Waals surface area contributed by atoms with E-state index in [9.17, 15) is 22.4 Å². The van der Waals surface area contributed by atoms with Crippen LogP contribution in [0.5, 0.6) is 0 Å². The number of halogens is 1. The van der Waals surface area contributed by atoms with Gasteiger partial charge in [-0.25, -0.2) is 12.8 Å². The molecule has 2 heterocycles. The molecule has 2 aliphatic rings. The van der Waals surface area contributed by atoms with Crippen molar-refractivity contribution in [3.8, 4) is 0 Å². The molecule has 0 saturated carbocycles. The van der Waals surface area contributed by atoms with E-state index < -0.39 is 21.7 Å². The quantitative estimate of drug-likeness (QED) is 0.767. The maximum atomic E-state index is 13.3. The van der Waals surface area contributed by atoms with E-state index in [1.807, 2.05) is 0 Å². The van der Waals surface area contributed by atoms with Crippen LogP contribution in [0.1, 0.15) is 30.4 Å². The van der Waals surface area contributed by atoms with Crippen LogP contribution in [0.2, 0.25) is 0 Å². The average Bonchev–Trinajstić information content (AvgIpc) is 3.28. The SMILES string of the molecule is Cc1cc(F)ccc1NC(=O)CN1C(=O)CCc2cc(S(=O)(=O)N3CCCC3)ccc21. The normalized spacial score (nSPS) is 17.0. The molecular formula is C22H24FN3O4S. The van der Waals surface area contributed by atoms with Crippen molar-refractivity contribution in [1.82, 2.24) is 4.31 Å². The average molecular weight is 446 g/mol. The monoisotopic (exact) mass is 445 g/mol. The number of nitrogens with zero attached hydrogens (tertiary/aromatic N) is 2. The number of carbonyl (C=O) groups is 2. The van der Waals surface area contributed by atoms with Gasteiger partial charge in [0.1, 0.15) is 12.4 Å². The molecule has 0 bridgehead atoms. The first-order valence-corrected chi connectivity index (χ1v) is 11.7. The van der Waals surface area contributed by atoms with Gasteiger partial charge in [-0.2, -0.15) is 4.31 Å². The molecule has 2 aromatic carbocycles. The Morgan fingerprint density at radius 3 is 2.55 bits per heavy atom. The highest BCUT2D eigenvalue weighted by atomic mass is 32.2. The van der Waals surface area contributed by atoms with E-state index in [1.54, 1.807) is 19.1 Å². The Kier molecular flexibility index (Phi) is 5.81. The second kappa shape index (κ2) is 8.39. The van der Waals surface area contributed by atoms with Crippen LogP contribution in [0.4, 0.5) is 15.8 Å². The van der Waals surface area contributed by atoms with E-state index in [4.69, 9.17) is 0 Å². The molecule has 7 nitrogen and oxygen atoms in total. The lowest BCUT2D eigenvalue weighted by atomic mass is 10.0. The minimum Gasteiger partial charge on any atom is -0.324 e. The maximum Gasteiger partial charge on any atom is 0.244 e. The Morgan fingerprint density at radius 1 is 1.10 bits per heavy atom. The Morgan fingerprint density at radius 2 is 1.84 bits per heavy atom. The van der Waals surface area contributed by atoms with Crippen LogP contribution >= 0.6 is 0 Å². The fraction of sp³-hybridized carbons (Fsp3) is 0.364. The summed E-state index contributed by atoms with van der Waals surface area (Å²) in [5.41, 5.74) is 2.33. The molecule has 2 amide bonds. The molecule has 2 aromatic rings. The lowest BCUT2D eigenvalue weighted by molar-refractivity contribution is -0.121. The number of benzene rings is 2. The molecule has 1 N–H and O–H groups in total. The summed E-state index contributed by atoms with van der Waals surface area (Å²) in [4.78, 5) is 26.7. The van der Waals surface area contributed by atoms with Crippen LogP contribution in [0.3, 0.4) is 0 Å². The zero-order chi connectivity index (χ0) is 22.2. The second-order valence-corrected chi connectivity index (χ2v) is 9.83. The van der Waals surface area contributed by atoms with Crippen molar-refractivity contribution in [2.45, 2.75) is 37.5 Å². The first-order valence-electron chi connectivity index (χ1n) is 10.2. The van der Waals surface area contributed by atoms with Gasteiger partial charge in [-0.3, -0.25) is 9.59 Å². The highest BCUT2D eigenvalue weighted by Gasteiger charge is 2.31. The molecule has 1 saturated heterocycles.